The third-order valence-corrected chi connectivity index (χ3v) is 5.38. The van der Waals surface area contributed by atoms with Crippen molar-refractivity contribution in [1.82, 2.24) is 24.2 Å². The second kappa shape index (κ2) is 10.2. The lowest BCUT2D eigenvalue weighted by Gasteiger charge is -2.19. The van der Waals surface area contributed by atoms with Crippen LogP contribution in [0.15, 0.2) is 35.4 Å². The Bertz CT molecular complexity index is 1130. The molecule has 0 saturated heterocycles. The number of ether oxygens (including phenoxy) is 1. The molecule has 0 spiro atoms. The Morgan fingerprint density at radius 2 is 2.00 bits per heavy atom. The van der Waals surface area contributed by atoms with E-state index in [1.807, 2.05) is 32.8 Å². The van der Waals surface area contributed by atoms with Gasteiger partial charge in [0.15, 0.2) is 16.7 Å². The molecule has 172 valence electrons. The Morgan fingerprint density at radius 3 is 2.62 bits per heavy atom. The minimum absolute atomic E-state index is 0.0171. The normalized spacial score (nSPS) is 12.4. The van der Waals surface area contributed by atoms with Crippen molar-refractivity contribution in [3.63, 3.8) is 0 Å². The van der Waals surface area contributed by atoms with E-state index in [2.05, 4.69) is 10.1 Å². The van der Waals surface area contributed by atoms with Crippen molar-refractivity contribution >= 4 is 11.6 Å². The molecule has 0 amide bonds. The van der Waals surface area contributed by atoms with Crippen molar-refractivity contribution in [1.29, 1.82) is 0 Å². The first kappa shape index (κ1) is 23.9. The first-order chi connectivity index (χ1) is 15.2. The zero-order valence-electron chi connectivity index (χ0n) is 18.5. The van der Waals surface area contributed by atoms with Crippen LogP contribution >= 0.6 is 11.6 Å². The molecule has 3 rings (SSSR count). The van der Waals surface area contributed by atoms with Crippen molar-refractivity contribution in [2.24, 2.45) is 5.92 Å². The molecule has 1 atom stereocenters. The van der Waals surface area contributed by atoms with Gasteiger partial charge in [-0.25, -0.2) is 14.1 Å². The summed E-state index contributed by atoms with van der Waals surface area (Å²) in [7, 11) is 3.70. The first-order valence-electron chi connectivity index (χ1n) is 10.3. The maximum atomic E-state index is 15.1. The van der Waals surface area contributed by atoms with Gasteiger partial charge >= 0.3 is 0 Å². The largest absolute Gasteiger partial charge is 0.489 e. The molecule has 10 heteroatoms. The van der Waals surface area contributed by atoms with E-state index in [0.29, 0.717) is 6.54 Å². The van der Waals surface area contributed by atoms with Crippen LogP contribution in [0.1, 0.15) is 20.3 Å². The fraction of sp³-hybridized carbons (Fsp3) is 0.409. The Morgan fingerprint density at radius 1 is 1.25 bits per heavy atom. The molecule has 32 heavy (non-hydrogen) atoms. The molecule has 0 saturated carbocycles. The number of halogens is 3. The number of benzene rings is 1. The van der Waals surface area contributed by atoms with Gasteiger partial charge in [-0.05, 0) is 38.2 Å². The van der Waals surface area contributed by atoms with Gasteiger partial charge < -0.3 is 14.2 Å². The summed E-state index contributed by atoms with van der Waals surface area (Å²) >= 11 is 6.43. The molecule has 0 bridgehead atoms. The predicted octanol–water partition coefficient (Wildman–Crippen LogP) is 4.01. The number of likely N-dealkylation sites (N-methyl/N-ethyl adjacent to an activating group) is 1. The average molecular weight is 466 g/mol. The van der Waals surface area contributed by atoms with E-state index >= 15 is 4.39 Å². The Balaban J connectivity index is 2.13. The SMILES string of the molecule is CCC(C)Cn1c(-c2ccc(OCCN(C)C)c(F)c2F)c(Cl)nc(-n2cccn2)c1=O. The molecule has 0 fully saturated rings. The van der Waals surface area contributed by atoms with Crippen LogP contribution in [0.4, 0.5) is 8.78 Å². The summed E-state index contributed by atoms with van der Waals surface area (Å²) < 4.78 is 37.9. The van der Waals surface area contributed by atoms with E-state index in [9.17, 15) is 9.18 Å². The molecule has 3 aromatic rings. The molecule has 0 N–H and O–H groups in total. The maximum absolute atomic E-state index is 15.1. The van der Waals surface area contributed by atoms with Crippen molar-refractivity contribution in [3.05, 3.63) is 57.7 Å². The van der Waals surface area contributed by atoms with Crippen LogP contribution < -0.4 is 10.3 Å². The summed E-state index contributed by atoms with van der Waals surface area (Å²) in [4.78, 5) is 19.3. The lowest BCUT2D eigenvalue weighted by atomic mass is 10.1. The Kier molecular flexibility index (Phi) is 7.63. The highest BCUT2D eigenvalue weighted by Crippen LogP contribution is 2.33. The molecule has 0 aliphatic carbocycles. The van der Waals surface area contributed by atoms with E-state index in [0.717, 1.165) is 6.42 Å². The second-order valence-corrected chi connectivity index (χ2v) is 8.20. The summed E-state index contributed by atoms with van der Waals surface area (Å²) in [5, 5.41) is 3.92. The molecule has 1 aromatic carbocycles. The highest BCUT2D eigenvalue weighted by Gasteiger charge is 2.24. The lowest BCUT2D eigenvalue weighted by molar-refractivity contribution is 0.249. The lowest BCUT2D eigenvalue weighted by Crippen LogP contribution is -2.30. The smallest absolute Gasteiger partial charge is 0.296 e. The fourth-order valence-electron chi connectivity index (χ4n) is 3.11. The average Bonchev–Trinajstić information content (AvgIpc) is 3.29. The van der Waals surface area contributed by atoms with Crippen LogP contribution in [-0.4, -0.2) is 51.5 Å². The molecular formula is C22H26ClF2N5O2. The number of aromatic nitrogens is 4. The van der Waals surface area contributed by atoms with Crippen LogP contribution in [0.3, 0.4) is 0 Å². The predicted molar refractivity (Wildman–Crippen MR) is 119 cm³/mol. The van der Waals surface area contributed by atoms with E-state index < -0.39 is 17.2 Å². The summed E-state index contributed by atoms with van der Waals surface area (Å²) in [6, 6.07) is 4.33. The van der Waals surface area contributed by atoms with Crippen molar-refractivity contribution in [2.75, 3.05) is 27.2 Å². The molecule has 2 heterocycles. The molecule has 7 nitrogen and oxygen atoms in total. The van der Waals surface area contributed by atoms with Crippen LogP contribution in [-0.2, 0) is 6.54 Å². The van der Waals surface area contributed by atoms with Crippen LogP contribution in [0.2, 0.25) is 5.15 Å². The Hall–Kier alpha value is -2.78. The first-order valence-corrected chi connectivity index (χ1v) is 10.7. The summed E-state index contributed by atoms with van der Waals surface area (Å²) in [6.45, 7) is 4.93. The highest BCUT2D eigenvalue weighted by molar-refractivity contribution is 6.31. The number of rotatable bonds is 9. The summed E-state index contributed by atoms with van der Waals surface area (Å²) in [6.07, 6.45) is 3.85. The van der Waals surface area contributed by atoms with E-state index in [1.165, 1.54) is 27.6 Å². The standard InChI is InChI=1S/C22H26ClF2N5O2/c1-5-14(2)13-29-19(20(23)27-21(22(29)31)30-10-6-9-26-30)15-7-8-16(18(25)17(15)24)32-12-11-28(3)4/h6-10,14H,5,11-13H2,1-4H3. The van der Waals surface area contributed by atoms with E-state index in [1.54, 1.807) is 12.3 Å². The molecule has 1 unspecified atom stereocenters. The van der Waals surface area contributed by atoms with Gasteiger partial charge in [-0.2, -0.15) is 9.49 Å². The minimum atomic E-state index is -1.15. The van der Waals surface area contributed by atoms with Crippen molar-refractivity contribution < 1.29 is 13.5 Å². The van der Waals surface area contributed by atoms with Gasteiger partial charge in [-0.15, -0.1) is 0 Å². The number of hydrogen-bond donors (Lipinski definition) is 0. The summed E-state index contributed by atoms with van der Waals surface area (Å²) in [5.74, 6) is -2.44. The van der Waals surface area contributed by atoms with Gasteiger partial charge in [0.1, 0.15) is 6.61 Å². The molecular weight excluding hydrogens is 440 g/mol. The quantitative estimate of drug-likeness (QED) is 0.477. The highest BCUT2D eigenvalue weighted by atomic mass is 35.5. The Labute approximate surface area is 190 Å². The molecule has 0 aliphatic heterocycles. The van der Waals surface area contributed by atoms with Crippen molar-refractivity contribution in [3.8, 4) is 22.8 Å². The number of nitrogens with zero attached hydrogens (tertiary/aromatic N) is 5. The minimum Gasteiger partial charge on any atom is -0.489 e. The van der Waals surface area contributed by atoms with Gasteiger partial charge in [0.25, 0.3) is 5.56 Å². The van der Waals surface area contributed by atoms with Crippen LogP contribution in [0.5, 0.6) is 5.75 Å². The zero-order valence-corrected chi connectivity index (χ0v) is 19.2. The molecule has 0 aliphatic rings. The summed E-state index contributed by atoms with van der Waals surface area (Å²) in [5.41, 5.74) is -0.643. The van der Waals surface area contributed by atoms with Gasteiger partial charge in [0, 0.05) is 31.0 Å². The third kappa shape index (κ3) is 4.99. The van der Waals surface area contributed by atoms with Gasteiger partial charge in [0.2, 0.25) is 11.6 Å². The third-order valence-electron chi connectivity index (χ3n) is 5.12. The van der Waals surface area contributed by atoms with Crippen LogP contribution in [0.25, 0.3) is 17.1 Å². The van der Waals surface area contributed by atoms with E-state index in [4.69, 9.17) is 16.3 Å². The number of hydrogen-bond acceptors (Lipinski definition) is 5. The van der Waals surface area contributed by atoms with Gasteiger partial charge in [-0.3, -0.25) is 4.79 Å². The topological polar surface area (TPSA) is 65.2 Å². The van der Waals surface area contributed by atoms with Crippen molar-refractivity contribution in [2.45, 2.75) is 26.8 Å². The molecule has 0 radical (unpaired) electrons. The fourth-order valence-corrected chi connectivity index (χ4v) is 3.39. The zero-order chi connectivity index (χ0) is 23.4. The van der Waals surface area contributed by atoms with E-state index in [-0.39, 0.29) is 47.0 Å². The maximum Gasteiger partial charge on any atom is 0.296 e. The molecule has 2 aromatic heterocycles. The van der Waals surface area contributed by atoms with Crippen LogP contribution in [0, 0.1) is 17.6 Å². The monoisotopic (exact) mass is 465 g/mol. The van der Waals surface area contributed by atoms with Gasteiger partial charge in [0.05, 0.1) is 5.69 Å². The second-order valence-electron chi connectivity index (χ2n) is 7.85. The van der Waals surface area contributed by atoms with Gasteiger partial charge in [-0.1, -0.05) is 31.9 Å².